The van der Waals surface area contributed by atoms with Crippen molar-refractivity contribution in [3.8, 4) is 22.8 Å². The number of rotatable bonds is 3. The van der Waals surface area contributed by atoms with Crippen LogP contribution in [0.4, 0.5) is 0 Å². The van der Waals surface area contributed by atoms with Crippen molar-refractivity contribution in [3.05, 3.63) is 71.3 Å². The Bertz CT molecular complexity index is 1210. The van der Waals surface area contributed by atoms with E-state index in [0.717, 1.165) is 28.6 Å². The molecule has 9 heteroatoms. The molecule has 1 amide bonds. The minimum atomic E-state index is -0.0844. The molecule has 0 fully saturated rings. The first-order chi connectivity index (χ1) is 14.6. The van der Waals surface area contributed by atoms with Gasteiger partial charge in [-0.2, -0.15) is 5.10 Å². The maximum Gasteiger partial charge on any atom is 0.272 e. The number of aromatic nitrogens is 6. The lowest BCUT2D eigenvalue weighted by Crippen LogP contribution is -2.39. The Labute approximate surface area is 177 Å². The van der Waals surface area contributed by atoms with Crippen molar-refractivity contribution in [1.29, 1.82) is 0 Å². The van der Waals surface area contributed by atoms with Crippen LogP contribution in [0.15, 0.2) is 54.7 Å². The Morgan fingerprint density at radius 1 is 1.03 bits per heavy atom. The van der Waals surface area contributed by atoms with Crippen LogP contribution in [0.25, 0.3) is 22.8 Å². The number of fused-ring (bicyclic) bond motifs is 1. The molecule has 0 atom stereocenters. The number of hydrogen-bond donors (Lipinski definition) is 0. The third kappa shape index (κ3) is 3.25. The van der Waals surface area contributed by atoms with Gasteiger partial charge in [-0.1, -0.05) is 29.8 Å². The van der Waals surface area contributed by atoms with Gasteiger partial charge in [0.1, 0.15) is 11.4 Å². The zero-order chi connectivity index (χ0) is 20.7. The normalized spacial score (nSPS) is 13.3. The lowest BCUT2D eigenvalue weighted by molar-refractivity contribution is 0.0696. The average molecular weight is 420 g/mol. The van der Waals surface area contributed by atoms with Crippen LogP contribution < -0.4 is 0 Å². The van der Waals surface area contributed by atoms with Crippen LogP contribution in [0, 0.1) is 0 Å². The molecule has 0 N–H and O–H groups in total. The van der Waals surface area contributed by atoms with E-state index in [0.29, 0.717) is 30.4 Å². The minimum Gasteiger partial charge on any atom is -0.328 e. The molecule has 4 aromatic rings. The van der Waals surface area contributed by atoms with Crippen molar-refractivity contribution in [1.82, 2.24) is 34.4 Å². The highest BCUT2D eigenvalue weighted by Gasteiger charge is 2.28. The van der Waals surface area contributed by atoms with Crippen molar-refractivity contribution in [2.24, 2.45) is 7.05 Å². The predicted octanol–water partition coefficient (Wildman–Crippen LogP) is 3.05. The first-order valence-corrected chi connectivity index (χ1v) is 9.90. The number of hydrogen-bond acceptors (Lipinski definition) is 5. The summed E-state index contributed by atoms with van der Waals surface area (Å²) < 4.78 is 3.64. The number of nitrogens with zero attached hydrogens (tertiary/aromatic N) is 7. The quantitative estimate of drug-likeness (QED) is 0.509. The second-order valence-corrected chi connectivity index (χ2v) is 7.51. The van der Waals surface area contributed by atoms with Gasteiger partial charge >= 0.3 is 0 Å². The number of amides is 1. The summed E-state index contributed by atoms with van der Waals surface area (Å²) in [6.45, 7) is 1.56. The topological polar surface area (TPSA) is 81.7 Å². The summed E-state index contributed by atoms with van der Waals surface area (Å²) in [5.74, 6) is 1.39. The highest BCUT2D eigenvalue weighted by Crippen LogP contribution is 2.24. The second kappa shape index (κ2) is 7.38. The van der Waals surface area contributed by atoms with Crippen molar-refractivity contribution < 1.29 is 4.79 Å². The number of carbonyl (C=O) groups excluding carboxylic acids is 1. The molecule has 150 valence electrons. The first kappa shape index (κ1) is 18.5. The molecule has 0 bridgehead atoms. The van der Waals surface area contributed by atoms with E-state index >= 15 is 0 Å². The molecule has 0 saturated heterocycles. The molecule has 1 aliphatic heterocycles. The molecule has 1 aliphatic rings. The molecule has 3 aromatic heterocycles. The maximum absolute atomic E-state index is 13.2. The fourth-order valence-electron chi connectivity index (χ4n) is 3.61. The Morgan fingerprint density at radius 2 is 1.87 bits per heavy atom. The summed E-state index contributed by atoms with van der Waals surface area (Å²) in [5, 5.41) is 13.7. The Hall–Kier alpha value is -3.52. The molecule has 1 aromatic carbocycles. The lowest BCUT2D eigenvalue weighted by atomic mass is 10.1. The van der Waals surface area contributed by atoms with Crippen LogP contribution in [0.3, 0.4) is 0 Å². The Morgan fingerprint density at radius 3 is 2.63 bits per heavy atom. The summed E-state index contributed by atoms with van der Waals surface area (Å²) in [5.41, 5.74) is 2.94. The van der Waals surface area contributed by atoms with E-state index in [1.54, 1.807) is 22.8 Å². The third-order valence-corrected chi connectivity index (χ3v) is 5.43. The zero-order valence-electron chi connectivity index (χ0n) is 16.2. The summed E-state index contributed by atoms with van der Waals surface area (Å²) >= 11 is 5.97. The smallest absolute Gasteiger partial charge is 0.272 e. The van der Waals surface area contributed by atoms with E-state index in [1.165, 1.54) is 0 Å². The molecular formula is C21H18ClN7O. The number of aryl methyl sites for hydroxylation is 1. The van der Waals surface area contributed by atoms with Gasteiger partial charge in [0.25, 0.3) is 5.91 Å². The maximum atomic E-state index is 13.2. The molecule has 0 spiro atoms. The summed E-state index contributed by atoms with van der Waals surface area (Å²) in [7, 11) is 1.78. The SMILES string of the molecule is Cn1nc(-c2ccc(Cl)cc2)cc1C(=O)N1CCn2c(nnc2-c2ccccn2)C1. The first-order valence-electron chi connectivity index (χ1n) is 9.53. The van der Waals surface area contributed by atoms with E-state index in [-0.39, 0.29) is 5.91 Å². The summed E-state index contributed by atoms with van der Waals surface area (Å²) in [6.07, 6.45) is 1.73. The monoisotopic (exact) mass is 419 g/mol. The zero-order valence-corrected chi connectivity index (χ0v) is 17.0. The van der Waals surface area contributed by atoms with E-state index in [1.807, 2.05) is 53.1 Å². The molecule has 0 saturated carbocycles. The van der Waals surface area contributed by atoms with Crippen LogP contribution >= 0.6 is 11.6 Å². The number of carbonyl (C=O) groups is 1. The van der Waals surface area contributed by atoms with E-state index < -0.39 is 0 Å². The molecule has 8 nitrogen and oxygen atoms in total. The van der Waals surface area contributed by atoms with Gasteiger partial charge in [-0.25, -0.2) is 0 Å². The average Bonchev–Trinajstić information content (AvgIpc) is 3.37. The fraction of sp³-hybridized carbons (Fsp3) is 0.190. The van der Waals surface area contributed by atoms with E-state index in [4.69, 9.17) is 11.6 Å². The highest BCUT2D eigenvalue weighted by atomic mass is 35.5. The third-order valence-electron chi connectivity index (χ3n) is 5.17. The molecular weight excluding hydrogens is 402 g/mol. The molecule has 5 rings (SSSR count). The minimum absolute atomic E-state index is 0.0844. The number of pyridine rings is 1. The molecule has 30 heavy (non-hydrogen) atoms. The van der Waals surface area contributed by atoms with Crippen LogP contribution in [0.5, 0.6) is 0 Å². The molecule has 4 heterocycles. The van der Waals surface area contributed by atoms with Crippen molar-refractivity contribution in [3.63, 3.8) is 0 Å². The van der Waals surface area contributed by atoms with Crippen molar-refractivity contribution >= 4 is 17.5 Å². The number of benzene rings is 1. The van der Waals surface area contributed by atoms with Crippen LogP contribution in [-0.4, -0.2) is 46.9 Å². The van der Waals surface area contributed by atoms with Crippen molar-refractivity contribution in [2.75, 3.05) is 6.54 Å². The summed E-state index contributed by atoms with van der Waals surface area (Å²) in [4.78, 5) is 19.3. The Balaban J connectivity index is 1.39. The van der Waals surface area contributed by atoms with Gasteiger partial charge in [0, 0.05) is 36.9 Å². The van der Waals surface area contributed by atoms with Gasteiger partial charge in [0.05, 0.1) is 12.2 Å². The van der Waals surface area contributed by atoms with Gasteiger partial charge in [0.15, 0.2) is 11.6 Å². The number of halogens is 1. The van der Waals surface area contributed by atoms with Gasteiger partial charge in [0.2, 0.25) is 0 Å². The van der Waals surface area contributed by atoms with Gasteiger partial charge in [-0.05, 0) is 30.3 Å². The van der Waals surface area contributed by atoms with Gasteiger partial charge in [-0.3, -0.25) is 14.5 Å². The molecule has 0 aliphatic carbocycles. The Kier molecular flexibility index (Phi) is 4.55. The fourth-order valence-corrected chi connectivity index (χ4v) is 3.73. The van der Waals surface area contributed by atoms with E-state index in [9.17, 15) is 4.79 Å². The van der Waals surface area contributed by atoms with Gasteiger partial charge in [-0.15, -0.1) is 10.2 Å². The van der Waals surface area contributed by atoms with E-state index in [2.05, 4.69) is 20.3 Å². The standard InChI is InChI=1S/C21H18ClN7O/c1-27-18(12-17(26-27)14-5-7-15(22)8-6-14)21(30)28-10-11-29-19(13-28)24-25-20(29)16-4-2-3-9-23-16/h2-9,12H,10-11,13H2,1H3. The lowest BCUT2D eigenvalue weighted by Gasteiger charge is -2.27. The van der Waals surface area contributed by atoms with Crippen LogP contribution in [0.2, 0.25) is 5.02 Å². The predicted molar refractivity (Wildman–Crippen MR) is 112 cm³/mol. The summed E-state index contributed by atoms with van der Waals surface area (Å²) in [6, 6.07) is 14.9. The molecule has 0 unspecified atom stereocenters. The second-order valence-electron chi connectivity index (χ2n) is 7.08. The highest BCUT2D eigenvalue weighted by molar-refractivity contribution is 6.30. The largest absolute Gasteiger partial charge is 0.328 e. The van der Waals surface area contributed by atoms with Crippen molar-refractivity contribution in [2.45, 2.75) is 13.1 Å². The van der Waals surface area contributed by atoms with Gasteiger partial charge < -0.3 is 9.47 Å². The van der Waals surface area contributed by atoms with Crippen LogP contribution in [0.1, 0.15) is 16.3 Å². The molecule has 0 radical (unpaired) electrons. The van der Waals surface area contributed by atoms with Crippen LogP contribution in [-0.2, 0) is 20.1 Å².